The molecule has 0 aliphatic carbocycles. The summed E-state index contributed by atoms with van der Waals surface area (Å²) in [5.74, 6) is -0.151. The molecule has 2 aromatic heterocycles. The van der Waals surface area contributed by atoms with Gasteiger partial charge in [0.2, 0.25) is 0 Å². The maximum absolute atomic E-state index is 12.4. The van der Waals surface area contributed by atoms with Crippen molar-refractivity contribution >= 4 is 28.8 Å². The molecule has 1 amide bonds. The number of nitrogens with one attached hydrogen (secondary N) is 1. The summed E-state index contributed by atoms with van der Waals surface area (Å²) in [5, 5.41) is 8.47. The Kier molecular flexibility index (Phi) is 5.00. The first-order valence-electron chi connectivity index (χ1n) is 8.28. The van der Waals surface area contributed by atoms with Crippen LogP contribution in [0.4, 0.5) is 0 Å². The third-order valence-electron chi connectivity index (χ3n) is 3.99. The first kappa shape index (κ1) is 17.5. The van der Waals surface area contributed by atoms with Crippen LogP contribution in [-0.4, -0.2) is 20.7 Å². The minimum atomic E-state index is -0.151. The number of nitrogens with zero attached hydrogens (tertiary/aromatic N) is 3. The Hall–Kier alpha value is -2.96. The highest BCUT2D eigenvalue weighted by Crippen LogP contribution is 2.30. The maximum atomic E-state index is 12.4. The van der Waals surface area contributed by atoms with Gasteiger partial charge in [0.05, 0.1) is 16.9 Å². The van der Waals surface area contributed by atoms with Crippen LogP contribution in [0.5, 0.6) is 0 Å². The molecular weight excluding hydrogens is 380 g/mol. The van der Waals surface area contributed by atoms with Crippen molar-refractivity contribution in [2.45, 2.75) is 6.54 Å². The van der Waals surface area contributed by atoms with Crippen LogP contribution in [0.2, 0.25) is 5.02 Å². The minimum absolute atomic E-state index is 0.151. The van der Waals surface area contributed by atoms with E-state index >= 15 is 0 Å². The van der Waals surface area contributed by atoms with Crippen LogP contribution in [0.15, 0.2) is 73.2 Å². The zero-order valence-electron chi connectivity index (χ0n) is 14.2. The SMILES string of the molecule is O=C(NCc1ccc(-n2cccn2)cc1)c1cnc(-c2ccccc2Cl)s1. The van der Waals surface area contributed by atoms with Gasteiger partial charge in [-0.2, -0.15) is 5.10 Å². The Morgan fingerprint density at radius 3 is 2.67 bits per heavy atom. The molecule has 1 N–H and O–H groups in total. The molecule has 7 heteroatoms. The molecule has 0 radical (unpaired) electrons. The maximum Gasteiger partial charge on any atom is 0.263 e. The number of hydrogen-bond acceptors (Lipinski definition) is 4. The second kappa shape index (κ2) is 7.73. The Bertz CT molecular complexity index is 1060. The van der Waals surface area contributed by atoms with Crippen LogP contribution in [0.1, 0.15) is 15.2 Å². The fourth-order valence-electron chi connectivity index (χ4n) is 2.60. The molecule has 4 rings (SSSR count). The Labute approximate surface area is 165 Å². The van der Waals surface area contributed by atoms with Crippen molar-refractivity contribution in [3.8, 4) is 16.3 Å². The molecule has 0 atom stereocenters. The van der Waals surface area contributed by atoms with Crippen molar-refractivity contribution in [2.75, 3.05) is 0 Å². The van der Waals surface area contributed by atoms with E-state index in [4.69, 9.17) is 11.6 Å². The van der Waals surface area contributed by atoms with E-state index < -0.39 is 0 Å². The lowest BCUT2D eigenvalue weighted by molar-refractivity contribution is 0.0955. The Balaban J connectivity index is 1.41. The summed E-state index contributed by atoms with van der Waals surface area (Å²) >= 11 is 7.52. The van der Waals surface area contributed by atoms with Crippen LogP contribution in [0, 0.1) is 0 Å². The topological polar surface area (TPSA) is 59.8 Å². The van der Waals surface area contributed by atoms with Gasteiger partial charge in [-0.25, -0.2) is 9.67 Å². The van der Waals surface area contributed by atoms with E-state index in [1.54, 1.807) is 17.1 Å². The number of aromatic nitrogens is 3. The monoisotopic (exact) mass is 394 g/mol. The molecule has 0 aliphatic rings. The van der Waals surface area contributed by atoms with Gasteiger partial charge in [0.1, 0.15) is 9.88 Å². The highest BCUT2D eigenvalue weighted by atomic mass is 35.5. The van der Waals surface area contributed by atoms with Gasteiger partial charge in [0, 0.05) is 24.5 Å². The molecule has 0 bridgehead atoms. The molecule has 2 aromatic carbocycles. The average Bonchev–Trinajstić information content (AvgIpc) is 3.39. The summed E-state index contributed by atoms with van der Waals surface area (Å²) in [4.78, 5) is 17.3. The van der Waals surface area contributed by atoms with E-state index in [2.05, 4.69) is 15.4 Å². The van der Waals surface area contributed by atoms with Gasteiger partial charge in [0.15, 0.2) is 0 Å². The summed E-state index contributed by atoms with van der Waals surface area (Å²) < 4.78 is 1.79. The number of benzene rings is 2. The van der Waals surface area contributed by atoms with Crippen molar-refractivity contribution in [1.29, 1.82) is 0 Å². The van der Waals surface area contributed by atoms with E-state index in [-0.39, 0.29) is 5.91 Å². The minimum Gasteiger partial charge on any atom is -0.347 e. The molecule has 0 saturated heterocycles. The smallest absolute Gasteiger partial charge is 0.263 e. The van der Waals surface area contributed by atoms with Gasteiger partial charge in [-0.1, -0.05) is 41.9 Å². The fraction of sp³-hybridized carbons (Fsp3) is 0.0500. The van der Waals surface area contributed by atoms with Gasteiger partial charge < -0.3 is 5.32 Å². The van der Waals surface area contributed by atoms with Crippen LogP contribution >= 0.6 is 22.9 Å². The number of thiazole rings is 1. The lowest BCUT2D eigenvalue weighted by Gasteiger charge is -2.06. The average molecular weight is 395 g/mol. The summed E-state index contributed by atoms with van der Waals surface area (Å²) in [6.07, 6.45) is 5.21. The summed E-state index contributed by atoms with van der Waals surface area (Å²) in [5.41, 5.74) is 2.81. The zero-order chi connectivity index (χ0) is 18.6. The molecule has 5 nitrogen and oxygen atoms in total. The van der Waals surface area contributed by atoms with Crippen molar-refractivity contribution in [3.63, 3.8) is 0 Å². The second-order valence-corrected chi connectivity index (χ2v) is 7.25. The predicted molar refractivity (Wildman–Crippen MR) is 107 cm³/mol. The number of carbonyl (C=O) groups excluding carboxylic acids is 1. The van der Waals surface area contributed by atoms with Gasteiger partial charge in [-0.3, -0.25) is 4.79 Å². The van der Waals surface area contributed by atoms with Gasteiger partial charge in [-0.05, 0) is 29.8 Å². The molecule has 0 unspecified atom stereocenters. The van der Waals surface area contributed by atoms with Crippen LogP contribution in [-0.2, 0) is 6.54 Å². The summed E-state index contributed by atoms with van der Waals surface area (Å²) in [6, 6.07) is 17.2. The first-order valence-corrected chi connectivity index (χ1v) is 9.48. The number of carbonyl (C=O) groups is 1. The number of rotatable bonds is 5. The van der Waals surface area contributed by atoms with E-state index in [1.807, 2.05) is 60.8 Å². The summed E-state index contributed by atoms with van der Waals surface area (Å²) in [6.45, 7) is 0.442. The molecule has 0 saturated carbocycles. The third-order valence-corrected chi connectivity index (χ3v) is 5.35. The number of hydrogen-bond donors (Lipinski definition) is 1. The van der Waals surface area contributed by atoms with Crippen LogP contribution in [0.3, 0.4) is 0 Å². The van der Waals surface area contributed by atoms with E-state index in [0.29, 0.717) is 16.4 Å². The normalized spacial score (nSPS) is 10.7. The number of halogens is 1. The van der Waals surface area contributed by atoms with E-state index in [0.717, 1.165) is 21.8 Å². The molecule has 134 valence electrons. The summed E-state index contributed by atoms with van der Waals surface area (Å²) in [7, 11) is 0. The highest BCUT2D eigenvalue weighted by molar-refractivity contribution is 7.17. The standard InChI is InChI=1S/C20H15ClN4OS/c21-17-5-2-1-4-16(17)20-23-13-18(27-20)19(26)22-12-14-6-8-15(9-7-14)25-11-3-10-24-25/h1-11,13H,12H2,(H,22,26). The molecular formula is C20H15ClN4OS. The van der Waals surface area contributed by atoms with Crippen molar-refractivity contribution < 1.29 is 4.79 Å². The number of amides is 1. The van der Waals surface area contributed by atoms with E-state index in [1.165, 1.54) is 11.3 Å². The predicted octanol–water partition coefficient (Wildman–Crippen LogP) is 4.58. The van der Waals surface area contributed by atoms with Gasteiger partial charge >= 0.3 is 0 Å². The molecule has 0 fully saturated rings. The molecule has 27 heavy (non-hydrogen) atoms. The Morgan fingerprint density at radius 1 is 1.11 bits per heavy atom. The molecule has 0 aliphatic heterocycles. The largest absolute Gasteiger partial charge is 0.347 e. The Morgan fingerprint density at radius 2 is 1.93 bits per heavy atom. The first-order chi connectivity index (χ1) is 13.2. The van der Waals surface area contributed by atoms with Crippen molar-refractivity contribution in [1.82, 2.24) is 20.1 Å². The molecule has 0 spiro atoms. The fourth-order valence-corrected chi connectivity index (χ4v) is 3.75. The molecule has 2 heterocycles. The highest BCUT2D eigenvalue weighted by Gasteiger charge is 2.13. The van der Waals surface area contributed by atoms with Gasteiger partial charge in [-0.15, -0.1) is 11.3 Å². The molecule has 4 aromatic rings. The lowest BCUT2D eigenvalue weighted by atomic mass is 10.2. The lowest BCUT2D eigenvalue weighted by Crippen LogP contribution is -2.21. The van der Waals surface area contributed by atoms with Crippen molar-refractivity contribution in [3.05, 3.63) is 88.7 Å². The van der Waals surface area contributed by atoms with Crippen molar-refractivity contribution in [2.24, 2.45) is 0 Å². The van der Waals surface area contributed by atoms with Gasteiger partial charge in [0.25, 0.3) is 5.91 Å². The van der Waals surface area contributed by atoms with Crippen LogP contribution < -0.4 is 5.32 Å². The quantitative estimate of drug-likeness (QED) is 0.539. The van der Waals surface area contributed by atoms with E-state index in [9.17, 15) is 4.79 Å². The second-order valence-electron chi connectivity index (χ2n) is 5.81. The third kappa shape index (κ3) is 3.92. The van der Waals surface area contributed by atoms with Crippen LogP contribution in [0.25, 0.3) is 16.3 Å². The zero-order valence-corrected chi connectivity index (χ0v) is 15.7.